The van der Waals surface area contributed by atoms with Crippen LogP contribution in [0.4, 0.5) is 23.7 Å². The maximum Gasteiger partial charge on any atom is 0.416 e. The molecule has 6 heteroatoms. The van der Waals surface area contributed by atoms with E-state index in [4.69, 9.17) is 0 Å². The van der Waals surface area contributed by atoms with Crippen molar-refractivity contribution < 1.29 is 18.0 Å². The number of carbonyl (C=O) groups is 1. The Hall–Kier alpha value is -2.50. The number of carbonyl (C=O) groups excluding carboxylic acids is 1. The zero-order valence-electron chi connectivity index (χ0n) is 14.4. The molecule has 1 aromatic carbocycles. The summed E-state index contributed by atoms with van der Waals surface area (Å²) in [6.07, 6.45) is 2.85. The number of nitrogens with one attached hydrogen (secondary N) is 1. The highest BCUT2D eigenvalue weighted by Crippen LogP contribution is 2.31. The van der Waals surface area contributed by atoms with Crippen LogP contribution in [-0.2, 0) is 6.18 Å². The predicted molar refractivity (Wildman–Crippen MR) is 92.8 cm³/mol. The summed E-state index contributed by atoms with van der Waals surface area (Å²) in [5.41, 5.74) is 2.35. The average molecular weight is 350 g/mol. The van der Waals surface area contributed by atoms with Crippen LogP contribution in [0.3, 0.4) is 0 Å². The molecule has 0 saturated heterocycles. The Morgan fingerprint density at radius 1 is 1.24 bits per heavy atom. The van der Waals surface area contributed by atoms with E-state index >= 15 is 0 Å². The van der Waals surface area contributed by atoms with Crippen LogP contribution in [-0.4, -0.2) is 10.9 Å². The summed E-state index contributed by atoms with van der Waals surface area (Å²) in [5.74, 6) is 0. The fraction of sp³-hybridized carbons (Fsp3) is 0.316. The second-order valence-corrected chi connectivity index (χ2v) is 5.89. The zero-order chi connectivity index (χ0) is 18.6. The van der Waals surface area contributed by atoms with Crippen molar-refractivity contribution in [3.8, 4) is 0 Å². The summed E-state index contributed by atoms with van der Waals surface area (Å²) in [7, 11) is 0. The molecule has 0 radical (unpaired) electrons. The molecule has 0 aliphatic carbocycles. The lowest BCUT2D eigenvalue weighted by Crippen LogP contribution is -2.34. The Kier molecular flexibility index (Phi) is 5.72. The van der Waals surface area contributed by atoms with E-state index in [9.17, 15) is 18.0 Å². The number of alkyl halides is 3. The molecule has 0 bridgehead atoms. The smallest absolute Gasteiger partial charge is 0.307 e. The van der Waals surface area contributed by atoms with E-state index in [-0.39, 0.29) is 6.03 Å². The molecule has 3 nitrogen and oxygen atoms in total. The first-order valence-electron chi connectivity index (χ1n) is 7.99. The van der Waals surface area contributed by atoms with Crippen molar-refractivity contribution in [2.45, 2.75) is 39.8 Å². The lowest BCUT2D eigenvalue weighted by Gasteiger charge is -2.31. The van der Waals surface area contributed by atoms with Gasteiger partial charge in [0.2, 0.25) is 0 Å². The van der Waals surface area contributed by atoms with Gasteiger partial charge < -0.3 is 5.32 Å². The highest BCUT2D eigenvalue weighted by atomic mass is 19.4. The van der Waals surface area contributed by atoms with Gasteiger partial charge in [0.05, 0.1) is 5.56 Å². The van der Waals surface area contributed by atoms with E-state index in [2.05, 4.69) is 5.32 Å². The summed E-state index contributed by atoms with van der Waals surface area (Å²) < 4.78 is 37.9. The van der Waals surface area contributed by atoms with Crippen LogP contribution in [0, 0.1) is 0 Å². The molecule has 2 rings (SSSR count). The number of amides is 2. The number of halogens is 3. The summed E-state index contributed by atoms with van der Waals surface area (Å²) in [6, 6.07) is 4.04. The molecule has 0 spiro atoms. The minimum absolute atomic E-state index is 0.319. The first-order chi connectivity index (χ1) is 11.7. The summed E-state index contributed by atoms with van der Waals surface area (Å²) in [4.78, 5) is 14.3. The third-order valence-electron chi connectivity index (χ3n) is 4.03. The molecule has 2 amide bonds. The van der Waals surface area contributed by atoms with Gasteiger partial charge in [-0.1, -0.05) is 18.2 Å². The van der Waals surface area contributed by atoms with Gasteiger partial charge >= 0.3 is 12.2 Å². The van der Waals surface area contributed by atoms with E-state index < -0.39 is 11.7 Å². The molecule has 0 saturated carbocycles. The summed E-state index contributed by atoms with van der Waals surface area (Å²) in [5, 5.41) is 2.67. The van der Waals surface area contributed by atoms with Crippen molar-refractivity contribution in [3.05, 3.63) is 65.0 Å². The minimum Gasteiger partial charge on any atom is -0.307 e. The number of benzene rings is 1. The molecule has 0 fully saturated rings. The average Bonchev–Trinajstić information content (AvgIpc) is 2.55. The number of hydrogen-bond donors (Lipinski definition) is 1. The van der Waals surface area contributed by atoms with Crippen LogP contribution in [0.15, 0.2) is 59.5 Å². The first kappa shape index (κ1) is 18.8. The molecule has 1 aliphatic heterocycles. The Morgan fingerprint density at radius 3 is 2.44 bits per heavy atom. The molecule has 0 unspecified atom stereocenters. The molecule has 1 N–H and O–H groups in total. The van der Waals surface area contributed by atoms with Gasteiger partial charge in [0.25, 0.3) is 0 Å². The monoisotopic (exact) mass is 350 g/mol. The van der Waals surface area contributed by atoms with Gasteiger partial charge in [-0.3, -0.25) is 4.90 Å². The lowest BCUT2D eigenvalue weighted by atomic mass is 10.0. The van der Waals surface area contributed by atoms with Crippen LogP contribution >= 0.6 is 0 Å². The second-order valence-electron chi connectivity index (χ2n) is 5.89. The van der Waals surface area contributed by atoms with Crippen LogP contribution < -0.4 is 5.32 Å². The second kappa shape index (κ2) is 7.59. The van der Waals surface area contributed by atoms with E-state index in [1.165, 1.54) is 12.1 Å². The first-order valence-corrected chi connectivity index (χ1v) is 7.99. The third-order valence-corrected chi connectivity index (χ3v) is 4.03. The van der Waals surface area contributed by atoms with Crippen molar-refractivity contribution >= 4 is 11.7 Å². The van der Waals surface area contributed by atoms with Crippen LogP contribution in [0.2, 0.25) is 0 Å². The van der Waals surface area contributed by atoms with Crippen molar-refractivity contribution in [1.29, 1.82) is 0 Å². The molecular weight excluding hydrogens is 329 g/mol. The van der Waals surface area contributed by atoms with Crippen LogP contribution in [0.1, 0.15) is 39.2 Å². The van der Waals surface area contributed by atoms with Crippen molar-refractivity contribution in [2.75, 3.05) is 5.32 Å². The SMILES string of the molecule is CC=CCC1=C(C)CC=C(C)N1C(=O)Nc1ccc(C(F)(F)F)cc1. The number of hydrogen-bond acceptors (Lipinski definition) is 1. The quantitative estimate of drug-likeness (QED) is 0.658. The Bertz CT molecular complexity index is 728. The molecule has 0 atom stereocenters. The number of nitrogens with zero attached hydrogens (tertiary/aromatic N) is 1. The number of urea groups is 1. The van der Waals surface area contributed by atoms with Gasteiger partial charge in [-0.25, -0.2) is 4.79 Å². The molecule has 25 heavy (non-hydrogen) atoms. The van der Waals surface area contributed by atoms with Gasteiger partial charge in [-0.05, 0) is 57.0 Å². The summed E-state index contributed by atoms with van der Waals surface area (Å²) in [6.45, 7) is 5.72. The van der Waals surface area contributed by atoms with Gasteiger partial charge in [0.1, 0.15) is 0 Å². The Morgan fingerprint density at radius 2 is 1.88 bits per heavy atom. The molecule has 1 aromatic rings. The molecular formula is C19H21F3N2O. The minimum atomic E-state index is -4.39. The van der Waals surface area contributed by atoms with Gasteiger partial charge in [-0.15, -0.1) is 0 Å². The Labute approximate surface area is 145 Å². The molecule has 1 aliphatic rings. The number of rotatable bonds is 3. The largest absolute Gasteiger partial charge is 0.416 e. The summed E-state index contributed by atoms with van der Waals surface area (Å²) >= 11 is 0. The van der Waals surface area contributed by atoms with Gasteiger partial charge in [0.15, 0.2) is 0 Å². The lowest BCUT2D eigenvalue weighted by molar-refractivity contribution is -0.137. The van der Waals surface area contributed by atoms with Crippen LogP contribution in [0.5, 0.6) is 0 Å². The highest BCUT2D eigenvalue weighted by Gasteiger charge is 2.30. The zero-order valence-corrected chi connectivity index (χ0v) is 14.4. The normalized spacial score (nSPS) is 15.6. The predicted octanol–water partition coefficient (Wildman–Crippen LogP) is 6.09. The van der Waals surface area contributed by atoms with Gasteiger partial charge in [-0.2, -0.15) is 13.2 Å². The number of anilines is 1. The van der Waals surface area contributed by atoms with Crippen molar-refractivity contribution in [1.82, 2.24) is 4.90 Å². The highest BCUT2D eigenvalue weighted by molar-refractivity contribution is 5.92. The van der Waals surface area contributed by atoms with E-state index in [1.54, 1.807) is 4.90 Å². The maximum absolute atomic E-state index is 12.7. The molecule has 1 heterocycles. The van der Waals surface area contributed by atoms with Gasteiger partial charge in [0, 0.05) is 23.5 Å². The standard InChI is InChI=1S/C19H21F3N2O/c1-4-5-6-17-13(2)7-8-14(3)24(17)18(25)23-16-11-9-15(10-12-16)19(20,21)22/h4-5,8-12H,6-7H2,1-3H3,(H,23,25). The molecule has 0 aromatic heterocycles. The van der Waals surface area contributed by atoms with Crippen LogP contribution in [0.25, 0.3) is 0 Å². The third kappa shape index (κ3) is 4.53. The fourth-order valence-corrected chi connectivity index (χ4v) is 2.61. The molecule has 134 valence electrons. The van der Waals surface area contributed by atoms with E-state index in [0.29, 0.717) is 12.1 Å². The van der Waals surface area contributed by atoms with Crippen molar-refractivity contribution in [2.24, 2.45) is 0 Å². The van der Waals surface area contributed by atoms with E-state index in [1.807, 2.05) is 39.0 Å². The fourth-order valence-electron chi connectivity index (χ4n) is 2.61. The van der Waals surface area contributed by atoms with E-state index in [0.717, 1.165) is 35.5 Å². The van der Waals surface area contributed by atoms with Crippen molar-refractivity contribution in [3.63, 3.8) is 0 Å². The topological polar surface area (TPSA) is 32.3 Å². The Balaban J connectivity index is 2.20. The number of allylic oxidation sites excluding steroid dienone is 5. The maximum atomic E-state index is 12.7.